The van der Waals surface area contributed by atoms with E-state index < -0.39 is 5.97 Å². The summed E-state index contributed by atoms with van der Waals surface area (Å²) in [7, 11) is 0. The summed E-state index contributed by atoms with van der Waals surface area (Å²) in [6.07, 6.45) is 0. The minimum absolute atomic E-state index is 0. The molecule has 0 saturated heterocycles. The number of hydrogen-bond donors (Lipinski definition) is 1. The number of esters is 1. The van der Waals surface area contributed by atoms with E-state index in [4.69, 9.17) is 9.90 Å². The summed E-state index contributed by atoms with van der Waals surface area (Å²) in [6, 6.07) is 0. The van der Waals surface area contributed by atoms with Crippen LogP contribution in [0.2, 0.25) is 0 Å². The number of hydrogen-bond acceptors (Lipinski definition) is 3. The van der Waals surface area contributed by atoms with Crippen LogP contribution in [0.15, 0.2) is 0 Å². The van der Waals surface area contributed by atoms with Crippen molar-refractivity contribution in [3.63, 3.8) is 0 Å². The van der Waals surface area contributed by atoms with Crippen LogP contribution in [-0.2, 0) is 14.3 Å². The topological polar surface area (TPSA) is 63.6 Å². The van der Waals surface area contributed by atoms with Crippen LogP contribution in [0, 0.1) is 6.92 Å². The van der Waals surface area contributed by atoms with Crippen LogP contribution in [0.5, 0.6) is 0 Å². The molecule has 0 aromatic rings. The summed E-state index contributed by atoms with van der Waals surface area (Å²) in [5.41, 5.74) is 0. The van der Waals surface area contributed by atoms with Gasteiger partial charge < -0.3 is 9.84 Å². The van der Waals surface area contributed by atoms with Crippen LogP contribution in [0.1, 0.15) is 13.8 Å². The first kappa shape index (κ1) is 17.5. The molecule has 0 fully saturated rings. The number of rotatable bonds is 1. The first-order chi connectivity index (χ1) is 4.50. The van der Waals surface area contributed by atoms with Gasteiger partial charge in [-0.25, -0.2) is 0 Å². The van der Waals surface area contributed by atoms with E-state index in [0.29, 0.717) is 6.61 Å². The van der Waals surface area contributed by atoms with Gasteiger partial charge in [0.2, 0.25) is 0 Å². The fraction of sp³-hybridized carbons (Fsp3) is 0.500. The minimum Gasteiger partial charge on any atom is -0.503 e. The maximum Gasteiger partial charge on any atom is 1.00 e. The minimum atomic E-state index is -1.08. The molecule has 0 rings (SSSR count). The van der Waals surface area contributed by atoms with Crippen molar-refractivity contribution in [1.82, 2.24) is 0 Å². The molecule has 0 bridgehead atoms. The largest absolute Gasteiger partial charge is 1.00 e. The molecule has 0 aliphatic rings. The van der Waals surface area contributed by atoms with Gasteiger partial charge in [-0.2, -0.15) is 0 Å². The van der Waals surface area contributed by atoms with Gasteiger partial charge in [-0.05, 0) is 6.92 Å². The molecule has 0 unspecified atom stereocenters. The van der Waals surface area contributed by atoms with Crippen molar-refractivity contribution in [2.75, 3.05) is 6.61 Å². The van der Waals surface area contributed by atoms with Gasteiger partial charge >= 0.3 is 57.4 Å². The number of aliphatic carboxylic acids is 1. The van der Waals surface area contributed by atoms with Crippen molar-refractivity contribution >= 4 is 11.9 Å². The first-order valence-corrected chi connectivity index (χ1v) is 2.69. The molecule has 0 atom stereocenters. The molecule has 4 nitrogen and oxygen atoms in total. The van der Waals surface area contributed by atoms with Crippen LogP contribution in [0.25, 0.3) is 0 Å². The molecule has 0 aromatic heterocycles. The predicted molar refractivity (Wildman–Crippen MR) is 35.3 cm³/mol. The van der Waals surface area contributed by atoms with E-state index in [9.17, 15) is 4.79 Å². The molecule has 11 heavy (non-hydrogen) atoms. The number of carboxylic acids is 1. The van der Waals surface area contributed by atoms with Crippen LogP contribution in [-0.4, -0.2) is 23.7 Å². The van der Waals surface area contributed by atoms with E-state index in [1.807, 2.05) is 0 Å². The van der Waals surface area contributed by atoms with Gasteiger partial charge in [-0.15, -0.1) is 0 Å². The summed E-state index contributed by atoms with van der Waals surface area (Å²) < 4.78 is 4.40. The van der Waals surface area contributed by atoms with Crippen molar-refractivity contribution in [3.05, 3.63) is 6.92 Å². The van der Waals surface area contributed by atoms with E-state index in [-0.39, 0.29) is 57.4 Å². The Morgan fingerprint density at radius 1 is 1.55 bits per heavy atom. The zero-order valence-electron chi connectivity index (χ0n) is 7.09. The summed E-state index contributed by atoms with van der Waals surface area (Å²) in [4.78, 5) is 18.7. The van der Waals surface area contributed by atoms with Crippen molar-refractivity contribution in [2.24, 2.45) is 0 Å². The quantitative estimate of drug-likeness (QED) is 0.279. The molecule has 0 saturated carbocycles. The Kier molecular flexibility index (Phi) is 20.8. The first-order valence-electron chi connectivity index (χ1n) is 2.69. The summed E-state index contributed by atoms with van der Waals surface area (Å²) in [5, 5.41) is 7.31. The number of ether oxygens (including phenoxy) is 1. The van der Waals surface area contributed by atoms with Crippen molar-refractivity contribution < 1.29 is 70.8 Å². The molecule has 5 heteroatoms. The Bertz CT molecular complexity index is 109. The predicted octanol–water partition coefficient (Wildman–Crippen LogP) is -2.52. The molecule has 0 spiro atoms. The molecule has 0 aromatic carbocycles. The SMILES string of the molecule is CCOC(C)=O.[CH2-]C(=O)O.[K+]. The Balaban J connectivity index is -0.000000114. The second-order valence-electron chi connectivity index (χ2n) is 1.32. The Labute approximate surface area is 109 Å². The third kappa shape index (κ3) is 62.7. The number of carbonyl (C=O) groups is 2. The van der Waals surface area contributed by atoms with Crippen molar-refractivity contribution in [3.8, 4) is 0 Å². The monoisotopic (exact) mass is 186 g/mol. The van der Waals surface area contributed by atoms with Crippen LogP contribution in [0.4, 0.5) is 0 Å². The Morgan fingerprint density at radius 2 is 1.82 bits per heavy atom. The summed E-state index contributed by atoms with van der Waals surface area (Å²) in [6.45, 7) is 6.21. The molecular weight excluding hydrogens is 175 g/mol. The second-order valence-corrected chi connectivity index (χ2v) is 1.32. The third-order valence-electron chi connectivity index (χ3n) is 0.348. The standard InChI is InChI=1S/C4H8O2.C2H3O2.K/c1-3-6-4(2)5;1-2(3)4;/h3H2,1-2H3;1H2,(H,3,4);/q;-1;+1. The van der Waals surface area contributed by atoms with Crippen molar-refractivity contribution in [2.45, 2.75) is 13.8 Å². The average molecular weight is 186 g/mol. The summed E-state index contributed by atoms with van der Waals surface area (Å²) in [5.74, 6) is -1.29. The van der Waals surface area contributed by atoms with E-state index in [0.717, 1.165) is 0 Å². The van der Waals surface area contributed by atoms with Gasteiger partial charge in [0.1, 0.15) is 0 Å². The van der Waals surface area contributed by atoms with Gasteiger partial charge in [0.05, 0.1) is 6.61 Å². The Morgan fingerprint density at radius 3 is 1.82 bits per heavy atom. The average Bonchev–Trinajstić information content (AvgIpc) is 1.62. The van der Waals surface area contributed by atoms with Gasteiger partial charge in [0, 0.05) is 6.92 Å². The van der Waals surface area contributed by atoms with Gasteiger partial charge in [-0.1, -0.05) is 0 Å². The van der Waals surface area contributed by atoms with Gasteiger partial charge in [-0.3, -0.25) is 16.5 Å². The smallest absolute Gasteiger partial charge is 0.503 e. The zero-order chi connectivity index (χ0) is 8.57. The van der Waals surface area contributed by atoms with Crippen LogP contribution >= 0.6 is 0 Å². The fourth-order valence-electron chi connectivity index (χ4n) is 0.203. The van der Waals surface area contributed by atoms with E-state index in [2.05, 4.69) is 11.7 Å². The molecule has 1 N–H and O–H groups in total. The normalized spacial score (nSPS) is 6.36. The molecular formula is C6H11KO4. The maximum atomic E-state index is 9.82. The second kappa shape index (κ2) is 13.1. The maximum absolute atomic E-state index is 9.82. The molecule has 0 aliphatic heterocycles. The molecule has 0 aliphatic carbocycles. The van der Waals surface area contributed by atoms with E-state index >= 15 is 0 Å². The fourth-order valence-corrected chi connectivity index (χ4v) is 0.203. The molecule has 0 radical (unpaired) electrons. The summed E-state index contributed by atoms with van der Waals surface area (Å²) >= 11 is 0. The van der Waals surface area contributed by atoms with E-state index in [1.54, 1.807) is 6.92 Å². The molecule has 60 valence electrons. The third-order valence-corrected chi connectivity index (χ3v) is 0.348. The van der Waals surface area contributed by atoms with Gasteiger partial charge in [0.15, 0.2) is 5.97 Å². The van der Waals surface area contributed by atoms with Crippen molar-refractivity contribution in [1.29, 1.82) is 0 Å². The number of carbonyl (C=O) groups excluding carboxylic acids is 1. The van der Waals surface area contributed by atoms with Crippen LogP contribution < -0.4 is 51.4 Å². The van der Waals surface area contributed by atoms with Crippen LogP contribution in [0.3, 0.4) is 0 Å². The number of carboxylic acid groups (broad SMARTS) is 1. The van der Waals surface area contributed by atoms with E-state index in [1.165, 1.54) is 6.92 Å². The molecule has 0 heterocycles. The van der Waals surface area contributed by atoms with Gasteiger partial charge in [0.25, 0.3) is 0 Å². The Hall–Kier alpha value is 0.446. The molecule has 0 amide bonds. The zero-order valence-corrected chi connectivity index (χ0v) is 10.2.